The molecule has 108 valence electrons. The van der Waals surface area contributed by atoms with Gasteiger partial charge in [-0.25, -0.2) is 9.37 Å². The number of fused-ring (bicyclic) bond motifs is 1. The topological polar surface area (TPSA) is 27.1 Å². The lowest BCUT2D eigenvalue weighted by molar-refractivity contribution is -0.0832. The van der Waals surface area contributed by atoms with Crippen LogP contribution in [0.3, 0.4) is 0 Å². The van der Waals surface area contributed by atoms with Crippen LogP contribution in [0.1, 0.15) is 37.4 Å². The lowest BCUT2D eigenvalue weighted by Gasteiger charge is -2.41. The summed E-state index contributed by atoms with van der Waals surface area (Å²) in [6.07, 6.45) is 3.27. The quantitative estimate of drug-likeness (QED) is 0.796. The molecular weight excluding hydrogens is 279 g/mol. The second-order valence-electron chi connectivity index (χ2n) is 5.55. The maximum Gasteiger partial charge on any atom is 0.127 e. The van der Waals surface area contributed by atoms with Gasteiger partial charge in [-0.3, -0.25) is 0 Å². The Hall–Kier alpha value is -1.13. The molecule has 1 aliphatic carbocycles. The smallest absolute Gasteiger partial charge is 0.127 e. The van der Waals surface area contributed by atoms with Gasteiger partial charge in [-0.2, -0.15) is 0 Å². The number of ether oxygens (including phenoxy) is 1. The standard InChI is InChI=1S/C15H18ClFN2O/c1-10(16)14-18-12-8-11(17)4-5-13(12)19(14)9-15(20-2)6-3-7-15/h4-5,8,10H,3,6-7,9H2,1-2H3. The maximum atomic E-state index is 13.4. The Morgan fingerprint density at radius 3 is 2.80 bits per heavy atom. The van der Waals surface area contributed by atoms with Crippen LogP contribution in [-0.4, -0.2) is 22.3 Å². The van der Waals surface area contributed by atoms with E-state index >= 15 is 0 Å². The number of halogens is 2. The van der Waals surface area contributed by atoms with Gasteiger partial charge in [0.25, 0.3) is 0 Å². The molecule has 1 aromatic carbocycles. The molecule has 0 N–H and O–H groups in total. The van der Waals surface area contributed by atoms with Crippen LogP contribution < -0.4 is 0 Å². The van der Waals surface area contributed by atoms with Crippen LogP contribution in [-0.2, 0) is 11.3 Å². The van der Waals surface area contributed by atoms with E-state index in [1.807, 2.05) is 6.92 Å². The van der Waals surface area contributed by atoms with Crippen molar-refractivity contribution < 1.29 is 9.13 Å². The summed E-state index contributed by atoms with van der Waals surface area (Å²) in [5, 5.41) is -0.223. The number of alkyl halides is 1. The third-order valence-electron chi connectivity index (χ3n) is 4.24. The van der Waals surface area contributed by atoms with Gasteiger partial charge < -0.3 is 9.30 Å². The van der Waals surface area contributed by atoms with Crippen LogP contribution in [0, 0.1) is 5.82 Å². The first-order chi connectivity index (χ1) is 9.54. The third kappa shape index (κ3) is 2.21. The molecule has 1 fully saturated rings. The molecule has 0 amide bonds. The molecule has 1 aromatic heterocycles. The fourth-order valence-electron chi connectivity index (χ4n) is 2.88. The van der Waals surface area contributed by atoms with Crippen molar-refractivity contribution in [2.24, 2.45) is 0 Å². The van der Waals surface area contributed by atoms with E-state index < -0.39 is 0 Å². The van der Waals surface area contributed by atoms with Gasteiger partial charge >= 0.3 is 0 Å². The zero-order chi connectivity index (χ0) is 14.3. The van der Waals surface area contributed by atoms with Gasteiger partial charge in [0, 0.05) is 13.2 Å². The third-order valence-corrected chi connectivity index (χ3v) is 4.43. The van der Waals surface area contributed by atoms with E-state index in [0.717, 1.165) is 30.7 Å². The van der Waals surface area contributed by atoms with E-state index in [4.69, 9.17) is 16.3 Å². The molecule has 3 rings (SSSR count). The van der Waals surface area contributed by atoms with E-state index in [0.29, 0.717) is 5.52 Å². The Morgan fingerprint density at radius 1 is 1.50 bits per heavy atom. The predicted molar refractivity (Wildman–Crippen MR) is 77.6 cm³/mol. The fraction of sp³-hybridized carbons (Fsp3) is 0.533. The Balaban J connectivity index is 2.09. The van der Waals surface area contributed by atoms with Crippen LogP contribution in [0.2, 0.25) is 0 Å². The molecule has 0 spiro atoms. The number of rotatable bonds is 4. The summed E-state index contributed by atoms with van der Waals surface area (Å²) in [7, 11) is 1.75. The molecule has 0 saturated heterocycles. The van der Waals surface area contributed by atoms with Crippen LogP contribution >= 0.6 is 11.6 Å². The molecule has 2 aromatic rings. The number of hydrogen-bond acceptors (Lipinski definition) is 2. The van der Waals surface area contributed by atoms with Gasteiger partial charge in [-0.15, -0.1) is 11.6 Å². The molecule has 1 atom stereocenters. The lowest BCUT2D eigenvalue weighted by atomic mass is 9.80. The first-order valence-electron chi connectivity index (χ1n) is 6.89. The van der Waals surface area contributed by atoms with E-state index in [2.05, 4.69) is 9.55 Å². The Bertz CT molecular complexity index is 629. The van der Waals surface area contributed by atoms with Gasteiger partial charge in [0.15, 0.2) is 0 Å². The summed E-state index contributed by atoms with van der Waals surface area (Å²) >= 11 is 6.23. The predicted octanol–water partition coefficient (Wildman–Crippen LogP) is 4.04. The minimum atomic E-state index is -0.277. The zero-order valence-corrected chi connectivity index (χ0v) is 12.5. The first kappa shape index (κ1) is 13.8. The SMILES string of the molecule is COC1(Cn2c(C(C)Cl)nc3cc(F)ccc32)CCC1. The summed E-state index contributed by atoms with van der Waals surface area (Å²) in [6.45, 7) is 2.61. The highest BCUT2D eigenvalue weighted by Gasteiger charge is 2.38. The van der Waals surface area contributed by atoms with Crippen molar-refractivity contribution in [2.45, 2.75) is 43.7 Å². The number of imidazole rings is 1. The van der Waals surface area contributed by atoms with Crippen molar-refractivity contribution in [3.05, 3.63) is 29.8 Å². The summed E-state index contributed by atoms with van der Waals surface area (Å²) in [5.74, 6) is 0.497. The second-order valence-corrected chi connectivity index (χ2v) is 6.20. The first-order valence-corrected chi connectivity index (χ1v) is 7.33. The summed E-state index contributed by atoms with van der Waals surface area (Å²) in [5.41, 5.74) is 1.44. The molecule has 3 nitrogen and oxygen atoms in total. The molecule has 1 saturated carbocycles. The van der Waals surface area contributed by atoms with Crippen LogP contribution in [0.25, 0.3) is 11.0 Å². The van der Waals surface area contributed by atoms with Crippen LogP contribution in [0.5, 0.6) is 0 Å². The van der Waals surface area contributed by atoms with E-state index in [9.17, 15) is 4.39 Å². The van der Waals surface area contributed by atoms with Crippen molar-refractivity contribution in [1.29, 1.82) is 0 Å². The van der Waals surface area contributed by atoms with Crippen LogP contribution in [0.4, 0.5) is 4.39 Å². The Morgan fingerprint density at radius 2 is 2.25 bits per heavy atom. The molecule has 0 radical (unpaired) electrons. The number of benzene rings is 1. The molecule has 0 aliphatic heterocycles. The van der Waals surface area contributed by atoms with Crippen molar-refractivity contribution >= 4 is 22.6 Å². The monoisotopic (exact) mass is 296 g/mol. The van der Waals surface area contributed by atoms with Crippen molar-refractivity contribution in [3.8, 4) is 0 Å². The second kappa shape index (κ2) is 5.01. The molecule has 1 heterocycles. The highest BCUT2D eigenvalue weighted by molar-refractivity contribution is 6.20. The molecule has 1 unspecified atom stereocenters. The van der Waals surface area contributed by atoms with Gasteiger partial charge in [0.05, 0.1) is 28.6 Å². The van der Waals surface area contributed by atoms with Crippen molar-refractivity contribution in [2.75, 3.05) is 7.11 Å². The van der Waals surface area contributed by atoms with Gasteiger partial charge in [0.2, 0.25) is 0 Å². The number of aromatic nitrogens is 2. The minimum absolute atomic E-state index is 0.122. The lowest BCUT2D eigenvalue weighted by Crippen LogP contribution is -2.43. The van der Waals surface area contributed by atoms with Crippen LogP contribution in [0.15, 0.2) is 18.2 Å². The Kier molecular flexibility index (Phi) is 3.46. The summed E-state index contributed by atoms with van der Waals surface area (Å²) in [4.78, 5) is 4.49. The van der Waals surface area contributed by atoms with E-state index in [1.54, 1.807) is 13.2 Å². The maximum absolute atomic E-state index is 13.4. The number of hydrogen-bond donors (Lipinski definition) is 0. The molecule has 20 heavy (non-hydrogen) atoms. The molecular formula is C15H18ClFN2O. The van der Waals surface area contributed by atoms with Crippen molar-refractivity contribution in [1.82, 2.24) is 9.55 Å². The zero-order valence-electron chi connectivity index (χ0n) is 11.7. The normalized spacial score (nSPS) is 19.0. The molecule has 5 heteroatoms. The van der Waals surface area contributed by atoms with E-state index in [1.165, 1.54) is 18.6 Å². The van der Waals surface area contributed by atoms with Gasteiger partial charge in [-0.1, -0.05) is 0 Å². The fourth-order valence-corrected chi connectivity index (χ4v) is 3.04. The summed E-state index contributed by atoms with van der Waals surface area (Å²) < 4.78 is 21.1. The van der Waals surface area contributed by atoms with Crippen molar-refractivity contribution in [3.63, 3.8) is 0 Å². The van der Waals surface area contributed by atoms with E-state index in [-0.39, 0.29) is 16.8 Å². The number of nitrogens with zero attached hydrogens (tertiary/aromatic N) is 2. The number of methoxy groups -OCH3 is 1. The highest BCUT2D eigenvalue weighted by atomic mass is 35.5. The largest absolute Gasteiger partial charge is 0.376 e. The van der Waals surface area contributed by atoms with Gasteiger partial charge in [-0.05, 0) is 38.3 Å². The molecule has 1 aliphatic rings. The molecule has 0 bridgehead atoms. The van der Waals surface area contributed by atoms with Gasteiger partial charge in [0.1, 0.15) is 11.6 Å². The minimum Gasteiger partial charge on any atom is -0.376 e. The Labute approximate surface area is 122 Å². The average molecular weight is 297 g/mol. The highest BCUT2D eigenvalue weighted by Crippen LogP contribution is 2.38. The average Bonchev–Trinajstić information content (AvgIpc) is 2.71. The summed E-state index contributed by atoms with van der Waals surface area (Å²) in [6, 6.07) is 4.68.